The summed E-state index contributed by atoms with van der Waals surface area (Å²) >= 11 is 0. The maximum absolute atomic E-state index is 11.5. The van der Waals surface area contributed by atoms with Gasteiger partial charge in [0.1, 0.15) is 0 Å². The fraction of sp³-hybridized carbons (Fsp3) is 0.400. The average Bonchev–Trinajstić information content (AvgIpc) is 2.88. The van der Waals surface area contributed by atoms with Crippen molar-refractivity contribution in [1.29, 1.82) is 0 Å². The fourth-order valence-electron chi connectivity index (χ4n) is 2.05. The molecule has 0 bridgehead atoms. The van der Waals surface area contributed by atoms with Crippen molar-refractivity contribution in [3.8, 4) is 0 Å². The van der Waals surface area contributed by atoms with Gasteiger partial charge in [-0.15, -0.1) is 0 Å². The number of carbonyl (C=O) groups is 2. The van der Waals surface area contributed by atoms with E-state index in [1.165, 1.54) is 0 Å². The Bertz CT molecular complexity index is 621. The Morgan fingerprint density at radius 1 is 1.29 bits per heavy atom. The number of nitrogens with zero attached hydrogens (tertiary/aromatic N) is 2. The largest absolute Gasteiger partial charge is 0.336 e. The molecule has 1 aromatic carbocycles. The van der Waals surface area contributed by atoms with Crippen LogP contribution in [0.1, 0.15) is 26.2 Å². The van der Waals surface area contributed by atoms with E-state index < -0.39 is 6.03 Å². The number of benzene rings is 1. The lowest BCUT2D eigenvalue weighted by Crippen LogP contribution is -2.40. The minimum atomic E-state index is -0.444. The summed E-state index contributed by atoms with van der Waals surface area (Å²) in [6.07, 6.45) is 3.86. The summed E-state index contributed by atoms with van der Waals surface area (Å²) in [6, 6.07) is 7.37. The van der Waals surface area contributed by atoms with Gasteiger partial charge in [0.05, 0.1) is 17.4 Å². The van der Waals surface area contributed by atoms with Crippen molar-refractivity contribution in [2.45, 2.75) is 32.7 Å². The number of nitrogens with one attached hydrogen (secondary N) is 2. The number of amides is 3. The number of hydrogen-bond acceptors (Lipinski definition) is 3. The minimum Gasteiger partial charge on any atom is -0.336 e. The lowest BCUT2D eigenvalue weighted by molar-refractivity contribution is -0.120. The third kappa shape index (κ3) is 4.30. The van der Waals surface area contributed by atoms with Crippen LogP contribution in [0.3, 0.4) is 0 Å². The van der Waals surface area contributed by atoms with E-state index in [2.05, 4.69) is 15.6 Å². The molecule has 2 N–H and O–H groups in total. The zero-order valence-electron chi connectivity index (χ0n) is 12.1. The first-order chi connectivity index (χ1) is 10.2. The number of urea groups is 1. The maximum Gasteiger partial charge on any atom is 0.321 e. The molecule has 0 saturated carbocycles. The van der Waals surface area contributed by atoms with E-state index in [1.54, 1.807) is 6.33 Å². The molecular formula is C15H20N4O2. The van der Waals surface area contributed by atoms with Gasteiger partial charge in [0.2, 0.25) is 5.91 Å². The number of imidazole rings is 1. The van der Waals surface area contributed by atoms with E-state index in [0.717, 1.165) is 23.9 Å². The third-order valence-corrected chi connectivity index (χ3v) is 3.18. The molecule has 2 aromatic rings. The normalized spacial score (nSPS) is 10.5. The smallest absolute Gasteiger partial charge is 0.321 e. The first-order valence-corrected chi connectivity index (χ1v) is 7.18. The first-order valence-electron chi connectivity index (χ1n) is 7.18. The van der Waals surface area contributed by atoms with Crippen molar-refractivity contribution in [2.24, 2.45) is 0 Å². The van der Waals surface area contributed by atoms with Crippen LogP contribution in [0.5, 0.6) is 0 Å². The molecule has 0 unspecified atom stereocenters. The van der Waals surface area contributed by atoms with Gasteiger partial charge in [-0.1, -0.05) is 25.5 Å². The van der Waals surface area contributed by atoms with Gasteiger partial charge in [-0.05, 0) is 18.6 Å². The molecule has 0 radical (unpaired) electrons. The molecule has 3 amide bonds. The molecule has 0 saturated heterocycles. The number of hydrogen-bond donors (Lipinski definition) is 2. The lowest BCUT2D eigenvalue weighted by Gasteiger charge is -2.07. The standard InChI is InChI=1S/C15H20N4O2/c1-2-3-8-14(20)18-15(21)16-9-10-19-11-17-12-6-4-5-7-13(12)19/h4-7,11H,2-3,8-10H2,1H3,(H2,16,18,20,21). The van der Waals surface area contributed by atoms with Crippen LogP contribution in [0.15, 0.2) is 30.6 Å². The van der Waals surface area contributed by atoms with Gasteiger partial charge in [-0.25, -0.2) is 9.78 Å². The quantitative estimate of drug-likeness (QED) is 0.854. The summed E-state index contributed by atoms with van der Waals surface area (Å²) in [5, 5.41) is 4.99. The monoisotopic (exact) mass is 288 g/mol. The Morgan fingerprint density at radius 2 is 2.10 bits per heavy atom. The predicted molar refractivity (Wildman–Crippen MR) is 80.8 cm³/mol. The molecule has 0 atom stereocenters. The molecule has 0 aliphatic carbocycles. The maximum atomic E-state index is 11.5. The van der Waals surface area contributed by atoms with Crippen molar-refractivity contribution < 1.29 is 9.59 Å². The molecule has 0 aliphatic heterocycles. The van der Waals surface area contributed by atoms with E-state index in [0.29, 0.717) is 19.5 Å². The Hall–Kier alpha value is -2.37. The number of aromatic nitrogens is 2. The number of fused-ring (bicyclic) bond motifs is 1. The van der Waals surface area contributed by atoms with Crippen LogP contribution in [-0.2, 0) is 11.3 Å². The van der Waals surface area contributed by atoms with Gasteiger partial charge >= 0.3 is 6.03 Å². The number of carbonyl (C=O) groups excluding carboxylic acids is 2. The molecule has 0 fully saturated rings. The second-order valence-electron chi connectivity index (χ2n) is 4.83. The molecule has 0 spiro atoms. The minimum absolute atomic E-state index is 0.234. The summed E-state index contributed by atoms with van der Waals surface area (Å²) in [5.41, 5.74) is 1.95. The molecule has 21 heavy (non-hydrogen) atoms. The summed E-state index contributed by atoms with van der Waals surface area (Å²) in [6.45, 7) is 3.05. The van der Waals surface area contributed by atoms with Crippen molar-refractivity contribution in [3.05, 3.63) is 30.6 Å². The lowest BCUT2D eigenvalue weighted by atomic mass is 10.2. The summed E-state index contributed by atoms with van der Waals surface area (Å²) in [5.74, 6) is -0.234. The number of unbranched alkanes of at least 4 members (excludes halogenated alkanes) is 1. The highest BCUT2D eigenvalue weighted by atomic mass is 16.2. The summed E-state index contributed by atoms with van der Waals surface area (Å²) in [7, 11) is 0. The highest BCUT2D eigenvalue weighted by molar-refractivity contribution is 5.94. The molecule has 0 aliphatic rings. The third-order valence-electron chi connectivity index (χ3n) is 3.18. The Morgan fingerprint density at radius 3 is 2.90 bits per heavy atom. The predicted octanol–water partition coefficient (Wildman–Crippen LogP) is 2.05. The molecule has 1 aromatic heterocycles. The number of rotatable bonds is 6. The highest BCUT2D eigenvalue weighted by Crippen LogP contribution is 2.10. The van der Waals surface area contributed by atoms with E-state index in [-0.39, 0.29) is 5.91 Å². The fourth-order valence-corrected chi connectivity index (χ4v) is 2.05. The van der Waals surface area contributed by atoms with Crippen LogP contribution in [0.2, 0.25) is 0 Å². The molecular weight excluding hydrogens is 268 g/mol. The van der Waals surface area contributed by atoms with Gasteiger partial charge in [0.15, 0.2) is 0 Å². The van der Waals surface area contributed by atoms with Gasteiger partial charge in [0.25, 0.3) is 0 Å². The van der Waals surface area contributed by atoms with Crippen LogP contribution in [0.25, 0.3) is 11.0 Å². The van der Waals surface area contributed by atoms with Crippen molar-refractivity contribution in [3.63, 3.8) is 0 Å². The summed E-state index contributed by atoms with van der Waals surface area (Å²) < 4.78 is 1.97. The SMILES string of the molecule is CCCCC(=O)NC(=O)NCCn1cnc2ccccc21. The van der Waals surface area contributed by atoms with E-state index in [4.69, 9.17) is 0 Å². The summed E-state index contributed by atoms with van der Waals surface area (Å²) in [4.78, 5) is 27.2. The zero-order chi connectivity index (χ0) is 15.1. The van der Waals surface area contributed by atoms with Crippen LogP contribution >= 0.6 is 0 Å². The van der Waals surface area contributed by atoms with Crippen molar-refractivity contribution in [1.82, 2.24) is 20.2 Å². The second kappa shape index (κ2) is 7.42. The van der Waals surface area contributed by atoms with E-state index in [9.17, 15) is 9.59 Å². The van der Waals surface area contributed by atoms with Gasteiger partial charge in [-0.2, -0.15) is 0 Å². The Balaban J connectivity index is 1.76. The van der Waals surface area contributed by atoms with Gasteiger partial charge < -0.3 is 9.88 Å². The first kappa shape index (κ1) is 15.0. The van der Waals surface area contributed by atoms with E-state index in [1.807, 2.05) is 35.8 Å². The topological polar surface area (TPSA) is 76.0 Å². The Labute approximate surface area is 123 Å². The van der Waals surface area contributed by atoms with Crippen LogP contribution in [0, 0.1) is 0 Å². The molecule has 1 heterocycles. The van der Waals surface area contributed by atoms with E-state index >= 15 is 0 Å². The average molecular weight is 288 g/mol. The van der Waals surface area contributed by atoms with Gasteiger partial charge in [-0.3, -0.25) is 10.1 Å². The Kier molecular flexibility index (Phi) is 5.31. The molecule has 6 nitrogen and oxygen atoms in total. The number of para-hydroxylation sites is 2. The molecule has 6 heteroatoms. The van der Waals surface area contributed by atoms with Crippen molar-refractivity contribution >= 4 is 23.0 Å². The van der Waals surface area contributed by atoms with Gasteiger partial charge in [0, 0.05) is 19.5 Å². The second-order valence-corrected chi connectivity index (χ2v) is 4.83. The zero-order valence-corrected chi connectivity index (χ0v) is 12.1. The molecule has 2 rings (SSSR count). The van der Waals surface area contributed by atoms with Crippen molar-refractivity contribution in [2.75, 3.05) is 6.54 Å². The number of imide groups is 1. The van der Waals surface area contributed by atoms with Crippen LogP contribution < -0.4 is 10.6 Å². The highest BCUT2D eigenvalue weighted by Gasteiger charge is 2.06. The van der Waals surface area contributed by atoms with Crippen LogP contribution in [-0.4, -0.2) is 28.0 Å². The molecule has 112 valence electrons. The van der Waals surface area contributed by atoms with Crippen LogP contribution in [0.4, 0.5) is 4.79 Å².